The summed E-state index contributed by atoms with van der Waals surface area (Å²) in [4.78, 5) is 45.8. The highest BCUT2D eigenvalue weighted by molar-refractivity contribution is 5.94. The van der Waals surface area contributed by atoms with Crippen LogP contribution in [0.2, 0.25) is 0 Å². The van der Waals surface area contributed by atoms with Crippen molar-refractivity contribution in [1.82, 2.24) is 25.7 Å². The second-order valence-corrected chi connectivity index (χ2v) is 7.26. The average Bonchev–Trinajstić information content (AvgIpc) is 3.03. The minimum atomic E-state index is -0.699. The number of nitrogens with zero attached hydrogens (tertiary/aromatic N) is 2. The Morgan fingerprint density at radius 1 is 1.42 bits per heavy atom. The second kappa shape index (κ2) is 7.67. The normalized spacial score (nSPS) is 22.2. The van der Waals surface area contributed by atoms with Crippen LogP contribution in [0, 0.1) is 0 Å². The second-order valence-electron chi connectivity index (χ2n) is 7.26. The molecule has 2 atom stereocenters. The lowest BCUT2D eigenvalue weighted by molar-refractivity contribution is -0.140. The summed E-state index contributed by atoms with van der Waals surface area (Å²) in [5.74, 6) is 0.0638. The Labute approximate surface area is 153 Å². The van der Waals surface area contributed by atoms with Gasteiger partial charge in [-0.2, -0.15) is 0 Å². The molecule has 26 heavy (non-hydrogen) atoms. The van der Waals surface area contributed by atoms with Crippen LogP contribution in [0.4, 0.5) is 0 Å². The van der Waals surface area contributed by atoms with Crippen LogP contribution in [0.15, 0.2) is 12.5 Å². The summed E-state index contributed by atoms with van der Waals surface area (Å²) in [5, 5.41) is 0. The molecule has 1 aromatic heterocycles. The van der Waals surface area contributed by atoms with Gasteiger partial charge in [-0.25, -0.2) is 15.8 Å². The van der Waals surface area contributed by atoms with Crippen molar-refractivity contribution in [3.8, 4) is 0 Å². The smallest absolute Gasteiger partial charge is 0.244 e. The summed E-state index contributed by atoms with van der Waals surface area (Å²) in [6.07, 6.45) is 7.20. The molecule has 0 unspecified atom stereocenters. The topological polar surface area (TPSA) is 107 Å². The van der Waals surface area contributed by atoms with E-state index in [0.29, 0.717) is 32.2 Å². The fourth-order valence-electron chi connectivity index (χ4n) is 3.55. The fraction of sp³-hybridized carbons (Fsp3) is 0.667. The maximum absolute atomic E-state index is 13.0. The van der Waals surface area contributed by atoms with Gasteiger partial charge in [0.2, 0.25) is 5.91 Å². The highest BCUT2D eigenvalue weighted by Gasteiger charge is 2.54. The zero-order chi connectivity index (χ0) is 18.7. The number of carbonyl (C=O) groups excluding carboxylic acids is 3. The molecule has 1 aliphatic heterocycles. The van der Waals surface area contributed by atoms with Gasteiger partial charge in [0.25, 0.3) is 0 Å². The van der Waals surface area contributed by atoms with Gasteiger partial charge >= 0.3 is 0 Å². The number of hydrogen-bond donors (Lipinski definition) is 3. The lowest BCUT2D eigenvalue weighted by Gasteiger charge is -2.29. The standard InChI is InChI=1S/C18H27N5O3/c1-3-16(25)14(9-13-10-19-11-20-13)21-22-18(6-7-18)17(26)23-8-4-5-15(23)12(2)24/h10-11,14-15,21-22H,3-9H2,1-2H3,(H,19,20)/t14-,15-/m0/s1. The molecule has 0 radical (unpaired) electrons. The molecule has 3 N–H and O–H groups in total. The number of Topliss-reactive ketones (excluding diaryl/α,β-unsaturated/α-hetero) is 2. The van der Waals surface area contributed by atoms with E-state index >= 15 is 0 Å². The monoisotopic (exact) mass is 361 g/mol. The van der Waals surface area contributed by atoms with E-state index in [1.807, 2.05) is 6.92 Å². The molecule has 1 saturated heterocycles. The van der Waals surface area contributed by atoms with Crippen LogP contribution < -0.4 is 10.9 Å². The number of aromatic amines is 1. The van der Waals surface area contributed by atoms with E-state index in [0.717, 1.165) is 18.5 Å². The first-order valence-corrected chi connectivity index (χ1v) is 9.31. The third kappa shape index (κ3) is 3.86. The summed E-state index contributed by atoms with van der Waals surface area (Å²) in [5.41, 5.74) is 6.29. The number of H-pyrrole nitrogens is 1. The molecule has 1 amide bonds. The number of hydrogen-bond acceptors (Lipinski definition) is 6. The molecular weight excluding hydrogens is 334 g/mol. The van der Waals surface area contributed by atoms with Crippen LogP contribution in [0.1, 0.15) is 51.6 Å². The molecule has 1 saturated carbocycles. The molecular formula is C18H27N5O3. The number of ketones is 2. The molecule has 1 aliphatic carbocycles. The number of carbonyl (C=O) groups is 3. The van der Waals surface area contributed by atoms with E-state index in [2.05, 4.69) is 20.8 Å². The highest BCUT2D eigenvalue weighted by atomic mass is 16.2. The van der Waals surface area contributed by atoms with Crippen molar-refractivity contribution in [3.63, 3.8) is 0 Å². The summed E-state index contributed by atoms with van der Waals surface area (Å²) in [6, 6.07) is -0.755. The number of hydrazine groups is 1. The van der Waals surface area contributed by atoms with Gasteiger partial charge in [-0.3, -0.25) is 14.4 Å². The molecule has 1 aromatic rings. The highest BCUT2D eigenvalue weighted by Crippen LogP contribution is 2.38. The van der Waals surface area contributed by atoms with Crippen LogP contribution in [-0.4, -0.2) is 56.5 Å². The number of likely N-dealkylation sites (tertiary alicyclic amines) is 1. The Bertz CT molecular complexity index is 668. The Kier molecular flexibility index (Phi) is 5.52. The van der Waals surface area contributed by atoms with Crippen molar-refractivity contribution >= 4 is 17.5 Å². The van der Waals surface area contributed by atoms with E-state index in [1.54, 1.807) is 24.3 Å². The summed E-state index contributed by atoms with van der Waals surface area (Å²) >= 11 is 0. The first kappa shape index (κ1) is 18.7. The molecule has 8 heteroatoms. The minimum absolute atomic E-state index is 0.0369. The van der Waals surface area contributed by atoms with Gasteiger partial charge in [0.1, 0.15) is 5.54 Å². The lowest BCUT2D eigenvalue weighted by Crippen LogP contribution is -2.58. The molecule has 0 aromatic carbocycles. The number of aromatic nitrogens is 2. The van der Waals surface area contributed by atoms with Gasteiger partial charge in [-0.05, 0) is 32.6 Å². The Morgan fingerprint density at radius 2 is 2.19 bits per heavy atom. The maximum atomic E-state index is 13.0. The molecule has 2 aliphatic rings. The van der Waals surface area contributed by atoms with Gasteiger partial charge in [-0.15, -0.1) is 0 Å². The van der Waals surface area contributed by atoms with Crippen LogP contribution in [0.5, 0.6) is 0 Å². The Hall–Kier alpha value is -2.06. The fourth-order valence-corrected chi connectivity index (χ4v) is 3.55. The SMILES string of the molecule is CCC(=O)[C@H](Cc1c[nH]cn1)NNC1(C(=O)N2CCC[C@H]2C(C)=O)CC1. The van der Waals surface area contributed by atoms with Gasteiger partial charge in [-0.1, -0.05) is 6.92 Å². The van der Waals surface area contributed by atoms with Crippen LogP contribution >= 0.6 is 0 Å². The molecule has 2 fully saturated rings. The minimum Gasteiger partial charge on any atom is -0.351 e. The van der Waals surface area contributed by atoms with E-state index in [9.17, 15) is 14.4 Å². The van der Waals surface area contributed by atoms with Gasteiger partial charge in [0.05, 0.1) is 24.1 Å². The molecule has 2 heterocycles. The summed E-state index contributed by atoms with van der Waals surface area (Å²) < 4.78 is 0. The van der Waals surface area contributed by atoms with Crippen molar-refractivity contribution in [3.05, 3.63) is 18.2 Å². The molecule has 0 bridgehead atoms. The zero-order valence-corrected chi connectivity index (χ0v) is 15.4. The average molecular weight is 361 g/mol. The van der Waals surface area contributed by atoms with Crippen molar-refractivity contribution in [1.29, 1.82) is 0 Å². The van der Waals surface area contributed by atoms with Crippen LogP contribution in [0.3, 0.4) is 0 Å². The molecule has 8 nitrogen and oxygen atoms in total. The third-order valence-corrected chi connectivity index (χ3v) is 5.33. The zero-order valence-electron chi connectivity index (χ0n) is 15.4. The van der Waals surface area contributed by atoms with Gasteiger partial charge in [0, 0.05) is 25.6 Å². The Balaban J connectivity index is 1.63. The van der Waals surface area contributed by atoms with Crippen molar-refractivity contribution in [2.24, 2.45) is 0 Å². The quantitative estimate of drug-likeness (QED) is 0.553. The van der Waals surface area contributed by atoms with Crippen LogP contribution in [0.25, 0.3) is 0 Å². The van der Waals surface area contributed by atoms with Gasteiger partial charge < -0.3 is 9.88 Å². The van der Waals surface area contributed by atoms with E-state index in [1.165, 1.54) is 0 Å². The lowest BCUT2D eigenvalue weighted by atomic mass is 10.1. The number of amides is 1. The van der Waals surface area contributed by atoms with Crippen molar-refractivity contribution < 1.29 is 14.4 Å². The summed E-state index contributed by atoms with van der Waals surface area (Å²) in [6.45, 7) is 3.99. The Morgan fingerprint density at radius 3 is 2.77 bits per heavy atom. The largest absolute Gasteiger partial charge is 0.351 e. The molecule has 142 valence electrons. The maximum Gasteiger partial charge on any atom is 0.244 e. The number of nitrogens with one attached hydrogen (secondary N) is 3. The first-order chi connectivity index (χ1) is 12.5. The number of rotatable bonds is 9. The third-order valence-electron chi connectivity index (χ3n) is 5.33. The van der Waals surface area contributed by atoms with Gasteiger partial charge in [0.15, 0.2) is 11.6 Å². The number of imidazole rings is 1. The predicted octanol–water partition coefficient (Wildman–Crippen LogP) is 0.507. The van der Waals surface area contributed by atoms with Crippen molar-refractivity contribution in [2.45, 2.75) is 70.0 Å². The first-order valence-electron chi connectivity index (χ1n) is 9.31. The molecule has 3 rings (SSSR count). The molecule has 0 spiro atoms. The summed E-state index contributed by atoms with van der Waals surface area (Å²) in [7, 11) is 0. The van der Waals surface area contributed by atoms with Crippen molar-refractivity contribution in [2.75, 3.05) is 6.54 Å². The van der Waals surface area contributed by atoms with Crippen LogP contribution in [-0.2, 0) is 20.8 Å². The van der Waals surface area contributed by atoms with E-state index in [4.69, 9.17) is 0 Å². The predicted molar refractivity (Wildman–Crippen MR) is 95.0 cm³/mol. The van der Waals surface area contributed by atoms with E-state index < -0.39 is 11.6 Å². The van der Waals surface area contributed by atoms with E-state index in [-0.39, 0.29) is 23.5 Å².